The highest BCUT2D eigenvalue weighted by Crippen LogP contribution is 2.35. The number of aliphatic hydroxyl groups is 1. The summed E-state index contributed by atoms with van der Waals surface area (Å²) < 4.78 is 17.0. The van der Waals surface area contributed by atoms with Crippen LogP contribution in [-0.2, 0) is 22.3 Å². The maximum Gasteiger partial charge on any atom is 0.254 e. The van der Waals surface area contributed by atoms with Gasteiger partial charge in [-0.15, -0.1) is 0 Å². The number of hydrogen-bond donors (Lipinski definition) is 2. The van der Waals surface area contributed by atoms with Gasteiger partial charge < -0.3 is 29.5 Å². The van der Waals surface area contributed by atoms with Crippen molar-refractivity contribution in [2.45, 2.75) is 31.2 Å². The highest BCUT2D eigenvalue weighted by Gasteiger charge is 2.34. The zero-order chi connectivity index (χ0) is 29.5. The average molecular weight is 574 g/mol. The fourth-order valence-electron chi connectivity index (χ4n) is 5.85. The van der Waals surface area contributed by atoms with E-state index in [0.29, 0.717) is 43.2 Å². The third kappa shape index (κ3) is 6.82. The number of rotatable bonds is 11. The van der Waals surface area contributed by atoms with Crippen LogP contribution in [0.3, 0.4) is 0 Å². The second kappa shape index (κ2) is 13.9. The summed E-state index contributed by atoms with van der Waals surface area (Å²) in [7, 11) is 3.30. The molecule has 2 amide bonds. The summed E-state index contributed by atoms with van der Waals surface area (Å²) in [5, 5.41) is 14.0. The van der Waals surface area contributed by atoms with Crippen LogP contribution < -0.4 is 10.1 Å². The van der Waals surface area contributed by atoms with Crippen LogP contribution in [0.5, 0.6) is 5.75 Å². The van der Waals surface area contributed by atoms with E-state index in [4.69, 9.17) is 14.2 Å². The molecular formula is C33H39N3O6. The lowest BCUT2D eigenvalue weighted by molar-refractivity contribution is -0.0748. The molecule has 0 spiro atoms. The van der Waals surface area contributed by atoms with Gasteiger partial charge in [-0.25, -0.2) is 0 Å². The van der Waals surface area contributed by atoms with Gasteiger partial charge in [0.1, 0.15) is 12.0 Å². The van der Waals surface area contributed by atoms with Gasteiger partial charge in [-0.2, -0.15) is 0 Å². The lowest BCUT2D eigenvalue weighted by Crippen LogP contribution is -2.47. The first kappa shape index (κ1) is 29.7. The molecule has 9 nitrogen and oxygen atoms in total. The number of ether oxygens (including phenoxy) is 3. The van der Waals surface area contributed by atoms with Crippen molar-refractivity contribution in [1.82, 2.24) is 15.1 Å². The summed E-state index contributed by atoms with van der Waals surface area (Å²) in [6.45, 7) is 2.52. The molecule has 0 saturated carbocycles. The number of fused-ring (bicyclic) bond motifs is 1. The Hall–Kier alpha value is -3.76. The van der Waals surface area contributed by atoms with E-state index in [1.165, 1.54) is 11.1 Å². The van der Waals surface area contributed by atoms with E-state index in [1.54, 1.807) is 43.4 Å². The standard InChI is InChI=1S/C33H39N3O6/c1-40-30-10-6-5-9-29(30)33(41-2)36(27-19-25-7-3-4-8-26(25)20-27)22-28(37)21-34-31(38)23-11-13-24(14-12-23)32(39)35-15-17-42-18-16-35/h3-14,27-28,33,37H,15-22H2,1-2H3,(H,34,38). The number of nitrogens with one attached hydrogen (secondary N) is 1. The largest absolute Gasteiger partial charge is 0.496 e. The number of benzene rings is 3. The van der Waals surface area contributed by atoms with Crippen LogP contribution in [-0.4, -0.2) is 92.5 Å². The molecule has 1 aliphatic heterocycles. The molecule has 1 heterocycles. The Bertz CT molecular complexity index is 1330. The van der Waals surface area contributed by atoms with Crippen LogP contribution in [0.2, 0.25) is 0 Å². The van der Waals surface area contributed by atoms with E-state index < -0.39 is 12.3 Å². The minimum atomic E-state index is -0.854. The normalized spacial score (nSPS) is 16.6. The van der Waals surface area contributed by atoms with Crippen LogP contribution in [0.4, 0.5) is 0 Å². The molecule has 0 radical (unpaired) electrons. The minimum Gasteiger partial charge on any atom is -0.496 e. The van der Waals surface area contributed by atoms with E-state index in [0.717, 1.165) is 18.4 Å². The Morgan fingerprint density at radius 2 is 1.57 bits per heavy atom. The van der Waals surface area contributed by atoms with Gasteiger partial charge >= 0.3 is 0 Å². The number of aliphatic hydroxyl groups excluding tert-OH is 1. The second-order valence-corrected chi connectivity index (χ2v) is 10.7. The van der Waals surface area contributed by atoms with Gasteiger partial charge in [0.25, 0.3) is 11.8 Å². The first-order valence-corrected chi connectivity index (χ1v) is 14.4. The maximum absolute atomic E-state index is 12.9. The van der Waals surface area contributed by atoms with Crippen molar-refractivity contribution in [1.29, 1.82) is 0 Å². The van der Waals surface area contributed by atoms with Crippen molar-refractivity contribution in [3.05, 3.63) is 101 Å². The van der Waals surface area contributed by atoms with Gasteiger partial charge in [0.15, 0.2) is 0 Å². The SMILES string of the molecule is COc1ccccc1C(OC)N(CC(O)CNC(=O)c1ccc(C(=O)N2CCOCC2)cc1)C1Cc2ccccc2C1. The Morgan fingerprint density at radius 1 is 0.952 bits per heavy atom. The van der Waals surface area contributed by atoms with Crippen LogP contribution in [0.25, 0.3) is 0 Å². The fourth-order valence-corrected chi connectivity index (χ4v) is 5.85. The Balaban J connectivity index is 1.25. The molecule has 1 aliphatic carbocycles. The van der Waals surface area contributed by atoms with Crippen LogP contribution in [0, 0.1) is 0 Å². The topological polar surface area (TPSA) is 101 Å². The number of carbonyl (C=O) groups excluding carboxylic acids is 2. The highest BCUT2D eigenvalue weighted by molar-refractivity contribution is 5.97. The predicted molar refractivity (Wildman–Crippen MR) is 159 cm³/mol. The molecule has 3 aromatic carbocycles. The predicted octanol–water partition coefficient (Wildman–Crippen LogP) is 3.07. The van der Waals surface area contributed by atoms with Crippen molar-refractivity contribution >= 4 is 11.8 Å². The monoisotopic (exact) mass is 573 g/mol. The summed E-state index contributed by atoms with van der Waals surface area (Å²) in [5.41, 5.74) is 4.42. The van der Waals surface area contributed by atoms with Gasteiger partial charge in [-0.1, -0.05) is 42.5 Å². The van der Waals surface area contributed by atoms with Gasteiger partial charge in [0.05, 0.1) is 26.4 Å². The molecule has 5 rings (SSSR count). The molecule has 0 aromatic heterocycles. The molecule has 2 aliphatic rings. The first-order valence-electron chi connectivity index (χ1n) is 14.4. The number of amides is 2. The Kier molecular flexibility index (Phi) is 9.86. The van der Waals surface area contributed by atoms with Crippen molar-refractivity contribution in [2.24, 2.45) is 0 Å². The molecule has 3 aromatic rings. The van der Waals surface area contributed by atoms with Crippen molar-refractivity contribution in [2.75, 3.05) is 53.6 Å². The molecule has 1 fully saturated rings. The number of methoxy groups -OCH3 is 2. The first-order chi connectivity index (χ1) is 20.5. The summed E-state index contributed by atoms with van der Waals surface area (Å²) in [6.07, 6.45) is 0.356. The fraction of sp³-hybridized carbons (Fsp3) is 0.394. The molecular weight excluding hydrogens is 534 g/mol. The average Bonchev–Trinajstić information content (AvgIpc) is 3.48. The van der Waals surface area contributed by atoms with E-state index in [1.807, 2.05) is 24.3 Å². The summed E-state index contributed by atoms with van der Waals surface area (Å²) in [4.78, 5) is 29.6. The maximum atomic E-state index is 12.9. The van der Waals surface area contributed by atoms with Gasteiger partial charge in [-0.05, 0) is 54.3 Å². The van der Waals surface area contributed by atoms with Crippen LogP contribution in [0.1, 0.15) is 43.6 Å². The third-order valence-corrected chi connectivity index (χ3v) is 8.04. The molecule has 2 N–H and O–H groups in total. The molecule has 42 heavy (non-hydrogen) atoms. The number of nitrogens with zero attached hydrogens (tertiary/aromatic N) is 2. The van der Waals surface area contributed by atoms with Gasteiger partial charge in [0.2, 0.25) is 0 Å². The zero-order valence-corrected chi connectivity index (χ0v) is 24.2. The number of morpholine rings is 1. The number of carbonyl (C=O) groups is 2. The van der Waals surface area contributed by atoms with E-state index in [-0.39, 0.29) is 30.9 Å². The Morgan fingerprint density at radius 3 is 2.21 bits per heavy atom. The summed E-state index contributed by atoms with van der Waals surface area (Å²) >= 11 is 0. The Labute approximate surface area is 247 Å². The highest BCUT2D eigenvalue weighted by atomic mass is 16.5. The lowest BCUT2D eigenvalue weighted by atomic mass is 10.1. The van der Waals surface area contributed by atoms with Gasteiger partial charge in [-0.3, -0.25) is 14.5 Å². The van der Waals surface area contributed by atoms with Crippen LogP contribution >= 0.6 is 0 Å². The molecule has 0 bridgehead atoms. The molecule has 2 unspecified atom stereocenters. The third-order valence-electron chi connectivity index (χ3n) is 8.04. The van der Waals surface area contributed by atoms with Crippen molar-refractivity contribution < 1.29 is 28.9 Å². The number of hydrogen-bond acceptors (Lipinski definition) is 7. The quantitative estimate of drug-likeness (QED) is 0.340. The van der Waals surface area contributed by atoms with E-state index >= 15 is 0 Å². The minimum absolute atomic E-state index is 0.0613. The summed E-state index contributed by atoms with van der Waals surface area (Å²) in [5.74, 6) is 0.327. The molecule has 1 saturated heterocycles. The molecule has 222 valence electrons. The smallest absolute Gasteiger partial charge is 0.254 e. The lowest BCUT2D eigenvalue weighted by Gasteiger charge is -2.37. The van der Waals surface area contributed by atoms with E-state index in [9.17, 15) is 14.7 Å². The number of para-hydroxylation sites is 1. The summed E-state index contributed by atoms with van der Waals surface area (Å²) in [6, 6.07) is 22.8. The van der Waals surface area contributed by atoms with Crippen LogP contribution in [0.15, 0.2) is 72.8 Å². The second-order valence-electron chi connectivity index (χ2n) is 10.7. The van der Waals surface area contributed by atoms with Crippen molar-refractivity contribution in [3.63, 3.8) is 0 Å². The van der Waals surface area contributed by atoms with E-state index in [2.05, 4.69) is 34.5 Å². The molecule has 9 heteroatoms. The van der Waals surface area contributed by atoms with Crippen molar-refractivity contribution in [3.8, 4) is 5.75 Å². The zero-order valence-electron chi connectivity index (χ0n) is 24.2. The molecule has 2 atom stereocenters. The van der Waals surface area contributed by atoms with Gasteiger partial charge in [0, 0.05) is 56.0 Å².